The fourth-order valence-electron chi connectivity index (χ4n) is 3.94. The molecule has 5 rings (SSSR count). The van der Waals surface area contributed by atoms with Crippen LogP contribution in [0.15, 0.2) is 69.9 Å². The second-order valence-corrected chi connectivity index (χ2v) is 8.01. The maximum atomic E-state index is 13.3. The number of aryl methyl sites for hydroxylation is 3. The molecule has 1 amide bonds. The van der Waals surface area contributed by atoms with Gasteiger partial charge in [0.05, 0.1) is 22.3 Å². The molecule has 33 heavy (non-hydrogen) atoms. The van der Waals surface area contributed by atoms with Gasteiger partial charge in [-0.1, -0.05) is 17.3 Å². The number of aromatic nitrogens is 3. The molecule has 1 N–H and O–H groups in total. The summed E-state index contributed by atoms with van der Waals surface area (Å²) in [5, 5.41) is 7.60. The van der Waals surface area contributed by atoms with E-state index in [-0.39, 0.29) is 5.91 Å². The van der Waals surface area contributed by atoms with Crippen LogP contribution in [-0.4, -0.2) is 21.0 Å². The monoisotopic (exact) mass is 438 g/mol. The molecule has 0 saturated heterocycles. The van der Waals surface area contributed by atoms with Crippen molar-refractivity contribution in [2.75, 3.05) is 5.32 Å². The Hall–Kier alpha value is -4.26. The number of rotatable bonds is 5. The Bertz CT molecular complexity index is 1450. The van der Waals surface area contributed by atoms with Gasteiger partial charge in [-0.15, -0.1) is 0 Å². The molecule has 1 aromatic carbocycles. The minimum Gasteiger partial charge on any atom is -0.466 e. The Morgan fingerprint density at radius 2 is 1.70 bits per heavy atom. The number of furan rings is 1. The number of nitrogens with zero attached hydrogens (tertiary/aromatic N) is 3. The van der Waals surface area contributed by atoms with Crippen molar-refractivity contribution in [3.63, 3.8) is 0 Å². The van der Waals surface area contributed by atoms with E-state index >= 15 is 0 Å². The number of hydrogen-bond acceptors (Lipinski definition) is 6. The van der Waals surface area contributed by atoms with Crippen molar-refractivity contribution in [1.82, 2.24) is 15.1 Å². The predicted octanol–water partition coefficient (Wildman–Crippen LogP) is 5.65. The highest BCUT2D eigenvalue weighted by molar-refractivity contribution is 6.13. The van der Waals surface area contributed by atoms with Gasteiger partial charge in [-0.25, -0.2) is 4.98 Å². The molecule has 0 aliphatic rings. The minimum atomic E-state index is -0.255. The van der Waals surface area contributed by atoms with Gasteiger partial charge in [-0.3, -0.25) is 9.78 Å². The maximum Gasteiger partial charge on any atom is 0.259 e. The zero-order chi connectivity index (χ0) is 22.9. The smallest absolute Gasteiger partial charge is 0.259 e. The summed E-state index contributed by atoms with van der Waals surface area (Å²) in [5.74, 6) is 1.25. The Kier molecular flexibility index (Phi) is 5.22. The van der Waals surface area contributed by atoms with Crippen molar-refractivity contribution < 1.29 is 13.7 Å². The average Bonchev–Trinajstić information content (AvgIpc) is 3.36. The first-order valence-electron chi connectivity index (χ1n) is 10.6. The summed E-state index contributed by atoms with van der Waals surface area (Å²) in [6.07, 6.45) is 4.37. The van der Waals surface area contributed by atoms with Crippen LogP contribution in [0.2, 0.25) is 0 Å². The van der Waals surface area contributed by atoms with E-state index in [2.05, 4.69) is 20.4 Å². The third kappa shape index (κ3) is 4.13. The predicted molar refractivity (Wildman–Crippen MR) is 125 cm³/mol. The van der Waals surface area contributed by atoms with E-state index < -0.39 is 0 Å². The summed E-state index contributed by atoms with van der Waals surface area (Å²) in [6.45, 7) is 5.54. The van der Waals surface area contributed by atoms with Crippen molar-refractivity contribution >= 4 is 22.7 Å². The van der Waals surface area contributed by atoms with Crippen LogP contribution < -0.4 is 5.32 Å². The number of fused-ring (bicyclic) bond motifs is 1. The third-order valence-corrected chi connectivity index (χ3v) is 5.55. The molecule has 7 heteroatoms. The number of carbonyl (C=O) groups is 1. The highest BCUT2D eigenvalue weighted by atomic mass is 16.5. The fourth-order valence-corrected chi connectivity index (χ4v) is 3.94. The first-order valence-corrected chi connectivity index (χ1v) is 10.6. The van der Waals surface area contributed by atoms with E-state index in [0.717, 1.165) is 29.1 Å². The molecule has 0 saturated carbocycles. The summed E-state index contributed by atoms with van der Waals surface area (Å²) in [6, 6.07) is 15.5. The van der Waals surface area contributed by atoms with Crippen LogP contribution in [0.25, 0.3) is 22.4 Å². The van der Waals surface area contributed by atoms with Gasteiger partial charge in [-0.05, 0) is 74.7 Å². The Morgan fingerprint density at radius 1 is 0.970 bits per heavy atom. The number of carbonyl (C=O) groups excluding carboxylic acids is 1. The maximum absolute atomic E-state index is 13.3. The number of benzene rings is 1. The summed E-state index contributed by atoms with van der Waals surface area (Å²) in [5.41, 5.74) is 5.84. The van der Waals surface area contributed by atoms with E-state index in [1.165, 1.54) is 5.56 Å². The van der Waals surface area contributed by atoms with Crippen LogP contribution in [0.1, 0.15) is 38.7 Å². The molecule has 0 spiro atoms. The summed E-state index contributed by atoms with van der Waals surface area (Å²) < 4.78 is 11.0. The topological polar surface area (TPSA) is 94.1 Å². The Labute approximate surface area is 190 Å². The number of hydrogen-bond donors (Lipinski definition) is 1. The van der Waals surface area contributed by atoms with Crippen LogP contribution in [0.5, 0.6) is 0 Å². The van der Waals surface area contributed by atoms with Crippen molar-refractivity contribution in [2.24, 2.45) is 0 Å². The molecule has 0 atom stereocenters. The van der Waals surface area contributed by atoms with Gasteiger partial charge >= 0.3 is 0 Å². The lowest BCUT2D eigenvalue weighted by atomic mass is 10.0. The first-order chi connectivity index (χ1) is 16.0. The number of pyridine rings is 2. The van der Waals surface area contributed by atoms with Crippen LogP contribution in [-0.2, 0) is 6.42 Å². The van der Waals surface area contributed by atoms with E-state index in [0.29, 0.717) is 33.7 Å². The van der Waals surface area contributed by atoms with E-state index in [1.807, 2.05) is 56.3 Å². The van der Waals surface area contributed by atoms with Crippen molar-refractivity contribution in [3.05, 3.63) is 94.8 Å². The van der Waals surface area contributed by atoms with Gasteiger partial charge in [0.2, 0.25) is 0 Å². The fraction of sp³-hybridized carbons (Fsp3) is 0.154. The van der Waals surface area contributed by atoms with Gasteiger partial charge in [-0.2, -0.15) is 0 Å². The number of nitrogens with one attached hydrogen (secondary N) is 1. The lowest BCUT2D eigenvalue weighted by Gasteiger charge is -2.09. The molecule has 0 aliphatic heterocycles. The molecule has 0 unspecified atom stereocenters. The summed E-state index contributed by atoms with van der Waals surface area (Å²) in [4.78, 5) is 21.9. The molecule has 0 bridgehead atoms. The lowest BCUT2D eigenvalue weighted by Crippen LogP contribution is -2.13. The van der Waals surface area contributed by atoms with Crippen LogP contribution >= 0.6 is 0 Å². The number of anilines is 1. The second-order valence-electron chi connectivity index (χ2n) is 8.01. The van der Waals surface area contributed by atoms with Gasteiger partial charge in [0, 0.05) is 23.6 Å². The van der Waals surface area contributed by atoms with E-state index in [1.54, 1.807) is 25.4 Å². The highest BCUT2D eigenvalue weighted by Gasteiger charge is 2.21. The molecule has 4 heterocycles. The van der Waals surface area contributed by atoms with Crippen LogP contribution in [0.3, 0.4) is 0 Å². The summed E-state index contributed by atoms with van der Waals surface area (Å²) >= 11 is 0. The average molecular weight is 438 g/mol. The molecular formula is C26H22N4O3. The molecule has 0 fully saturated rings. The van der Waals surface area contributed by atoms with Crippen molar-refractivity contribution in [1.29, 1.82) is 0 Å². The second kappa shape index (κ2) is 8.35. The lowest BCUT2D eigenvalue weighted by molar-refractivity contribution is 0.102. The van der Waals surface area contributed by atoms with Gasteiger partial charge in [0.1, 0.15) is 11.5 Å². The van der Waals surface area contributed by atoms with Crippen LogP contribution in [0.4, 0.5) is 5.69 Å². The quantitative estimate of drug-likeness (QED) is 0.381. The normalized spacial score (nSPS) is 11.1. The molecular weight excluding hydrogens is 416 g/mol. The molecule has 5 aromatic rings. The zero-order valence-corrected chi connectivity index (χ0v) is 18.5. The Morgan fingerprint density at radius 3 is 2.39 bits per heavy atom. The highest BCUT2D eigenvalue weighted by Crippen LogP contribution is 2.31. The summed E-state index contributed by atoms with van der Waals surface area (Å²) in [7, 11) is 0. The van der Waals surface area contributed by atoms with Crippen molar-refractivity contribution in [2.45, 2.75) is 27.2 Å². The molecule has 7 nitrogen and oxygen atoms in total. The van der Waals surface area contributed by atoms with E-state index in [9.17, 15) is 4.79 Å². The molecule has 164 valence electrons. The van der Waals surface area contributed by atoms with Gasteiger partial charge in [0.25, 0.3) is 11.6 Å². The zero-order valence-electron chi connectivity index (χ0n) is 18.5. The standard InChI is InChI=1S/C26H22N4O3/c1-15-12-21(17(3)32-15)23-14-22(24-16(2)30-33-26(24)29-23)25(31)28-20-6-4-18(5-7-20)13-19-8-10-27-11-9-19/h4-12,14H,13H2,1-3H3,(H,28,31). The minimum absolute atomic E-state index is 0.255. The molecule has 4 aromatic heterocycles. The first kappa shape index (κ1) is 20.6. The molecule has 0 aliphatic carbocycles. The SMILES string of the molecule is Cc1cc(-c2cc(C(=O)Nc3ccc(Cc4ccncc4)cc3)c3c(C)noc3n2)c(C)o1. The van der Waals surface area contributed by atoms with Crippen LogP contribution in [0, 0.1) is 20.8 Å². The number of amides is 1. The Balaban J connectivity index is 1.44. The van der Waals surface area contributed by atoms with Crippen molar-refractivity contribution in [3.8, 4) is 11.3 Å². The van der Waals surface area contributed by atoms with E-state index in [4.69, 9.17) is 8.94 Å². The van der Waals surface area contributed by atoms with Gasteiger partial charge < -0.3 is 14.3 Å². The van der Waals surface area contributed by atoms with Gasteiger partial charge in [0.15, 0.2) is 0 Å². The third-order valence-electron chi connectivity index (χ3n) is 5.55. The molecule has 0 radical (unpaired) electrons. The largest absolute Gasteiger partial charge is 0.466 e.